The van der Waals surface area contributed by atoms with E-state index < -0.39 is 0 Å². The fourth-order valence-corrected chi connectivity index (χ4v) is 1.66. The summed E-state index contributed by atoms with van der Waals surface area (Å²) in [7, 11) is 0. The van der Waals surface area contributed by atoms with Gasteiger partial charge in [-0.2, -0.15) is 5.26 Å². The molecule has 0 aromatic heterocycles. The van der Waals surface area contributed by atoms with E-state index in [0.29, 0.717) is 18.5 Å². The molecule has 1 fully saturated rings. The summed E-state index contributed by atoms with van der Waals surface area (Å²) in [6, 6.07) is 3.08. The Morgan fingerprint density at radius 1 is 1.77 bits per heavy atom. The maximum absolute atomic E-state index is 8.57. The second-order valence-electron chi connectivity index (χ2n) is 3.56. The molecule has 2 unspecified atom stereocenters. The highest BCUT2D eigenvalue weighted by molar-refractivity contribution is 4.91. The molecule has 0 radical (unpaired) electrons. The van der Waals surface area contributed by atoms with E-state index >= 15 is 0 Å². The van der Waals surface area contributed by atoms with Gasteiger partial charge in [0.25, 0.3) is 0 Å². The molecule has 1 N–H and O–H groups in total. The Kier molecular flexibility index (Phi) is 3.94. The van der Waals surface area contributed by atoms with Crippen molar-refractivity contribution in [3.8, 4) is 6.07 Å². The van der Waals surface area contributed by atoms with Crippen molar-refractivity contribution < 1.29 is 0 Å². The Hall–Kier alpha value is -0.850. The average molecular weight is 179 g/mol. The number of rotatable bonds is 3. The summed E-state index contributed by atoms with van der Waals surface area (Å²) < 4.78 is 0. The molecule has 3 nitrogen and oxygen atoms in total. The molecule has 0 bridgehead atoms. The summed E-state index contributed by atoms with van der Waals surface area (Å²) in [6.07, 6.45) is 2.52. The van der Waals surface area contributed by atoms with Crippen molar-refractivity contribution in [2.45, 2.75) is 25.4 Å². The smallest absolute Gasteiger partial charge is 0.0638 e. The average Bonchev–Trinajstić information content (AvgIpc) is 2.12. The first-order valence-electron chi connectivity index (χ1n) is 4.73. The van der Waals surface area contributed by atoms with Crippen molar-refractivity contribution >= 4 is 0 Å². The van der Waals surface area contributed by atoms with Crippen molar-refractivity contribution in [1.29, 1.82) is 5.26 Å². The molecule has 1 aliphatic heterocycles. The molecule has 3 heteroatoms. The minimum absolute atomic E-state index is 0.334. The molecule has 0 aliphatic carbocycles. The van der Waals surface area contributed by atoms with Crippen molar-refractivity contribution in [3.63, 3.8) is 0 Å². The molecule has 1 saturated heterocycles. The third kappa shape index (κ3) is 2.83. The first-order valence-corrected chi connectivity index (χ1v) is 4.73. The zero-order valence-corrected chi connectivity index (χ0v) is 8.16. The van der Waals surface area contributed by atoms with Crippen LogP contribution in [-0.4, -0.2) is 36.6 Å². The van der Waals surface area contributed by atoms with Gasteiger partial charge in [-0.15, -0.1) is 6.58 Å². The van der Waals surface area contributed by atoms with Gasteiger partial charge in [-0.1, -0.05) is 6.08 Å². The van der Waals surface area contributed by atoms with Crippen LogP contribution in [0.15, 0.2) is 12.7 Å². The molecule has 0 spiro atoms. The van der Waals surface area contributed by atoms with Crippen molar-refractivity contribution in [2.24, 2.45) is 0 Å². The highest BCUT2D eigenvalue weighted by Gasteiger charge is 2.23. The molecular weight excluding hydrogens is 162 g/mol. The lowest BCUT2D eigenvalue weighted by molar-refractivity contribution is 0.158. The van der Waals surface area contributed by atoms with E-state index in [9.17, 15) is 0 Å². The van der Waals surface area contributed by atoms with Crippen LogP contribution in [0.5, 0.6) is 0 Å². The lowest BCUT2D eigenvalue weighted by Gasteiger charge is -2.37. The van der Waals surface area contributed by atoms with E-state index in [-0.39, 0.29) is 0 Å². The molecule has 1 aliphatic rings. The van der Waals surface area contributed by atoms with Crippen LogP contribution in [0.2, 0.25) is 0 Å². The van der Waals surface area contributed by atoms with E-state index in [1.165, 1.54) is 0 Å². The number of nitrogens with zero attached hydrogens (tertiary/aromatic N) is 2. The van der Waals surface area contributed by atoms with Crippen LogP contribution >= 0.6 is 0 Å². The minimum atomic E-state index is 0.334. The third-order valence-corrected chi connectivity index (χ3v) is 2.48. The molecule has 2 atom stereocenters. The fourth-order valence-electron chi connectivity index (χ4n) is 1.66. The SMILES string of the molecule is C=CCN1CC(CC#N)NCC1C. The highest BCUT2D eigenvalue weighted by Crippen LogP contribution is 2.08. The Bertz CT molecular complexity index is 207. The van der Waals surface area contributed by atoms with E-state index in [4.69, 9.17) is 5.26 Å². The number of hydrogen-bond donors (Lipinski definition) is 1. The summed E-state index contributed by atoms with van der Waals surface area (Å²) in [5.41, 5.74) is 0. The summed E-state index contributed by atoms with van der Waals surface area (Å²) in [6.45, 7) is 8.78. The summed E-state index contributed by atoms with van der Waals surface area (Å²) in [4.78, 5) is 2.35. The van der Waals surface area contributed by atoms with Gasteiger partial charge in [0.05, 0.1) is 12.5 Å². The van der Waals surface area contributed by atoms with Crippen LogP contribution in [-0.2, 0) is 0 Å². The number of hydrogen-bond acceptors (Lipinski definition) is 3. The molecular formula is C10H17N3. The van der Waals surface area contributed by atoms with Gasteiger partial charge in [0.1, 0.15) is 0 Å². The third-order valence-electron chi connectivity index (χ3n) is 2.48. The van der Waals surface area contributed by atoms with Gasteiger partial charge < -0.3 is 5.32 Å². The Labute approximate surface area is 80.0 Å². The van der Waals surface area contributed by atoms with Crippen LogP contribution in [0.4, 0.5) is 0 Å². The topological polar surface area (TPSA) is 39.1 Å². The Morgan fingerprint density at radius 2 is 2.54 bits per heavy atom. The zero-order valence-electron chi connectivity index (χ0n) is 8.16. The lowest BCUT2D eigenvalue weighted by Crippen LogP contribution is -2.55. The van der Waals surface area contributed by atoms with Gasteiger partial charge in [-0.05, 0) is 6.92 Å². The predicted octanol–water partition coefficient (Wildman–Crippen LogP) is 0.748. The Morgan fingerprint density at radius 3 is 3.15 bits per heavy atom. The molecule has 0 aromatic rings. The number of nitrogens with one attached hydrogen (secondary N) is 1. The molecule has 1 rings (SSSR count). The minimum Gasteiger partial charge on any atom is -0.310 e. The van der Waals surface area contributed by atoms with Gasteiger partial charge >= 0.3 is 0 Å². The molecule has 13 heavy (non-hydrogen) atoms. The van der Waals surface area contributed by atoms with Crippen molar-refractivity contribution in [1.82, 2.24) is 10.2 Å². The van der Waals surface area contributed by atoms with E-state index in [1.54, 1.807) is 0 Å². The summed E-state index contributed by atoms with van der Waals surface area (Å²) in [5.74, 6) is 0. The van der Waals surface area contributed by atoms with Gasteiger partial charge in [0.15, 0.2) is 0 Å². The molecule has 0 aromatic carbocycles. The molecule has 0 amide bonds. The zero-order chi connectivity index (χ0) is 9.68. The largest absolute Gasteiger partial charge is 0.310 e. The maximum Gasteiger partial charge on any atom is 0.0638 e. The second-order valence-corrected chi connectivity index (χ2v) is 3.56. The van der Waals surface area contributed by atoms with Gasteiger partial charge in [-0.25, -0.2) is 0 Å². The van der Waals surface area contributed by atoms with Crippen molar-refractivity contribution in [3.05, 3.63) is 12.7 Å². The van der Waals surface area contributed by atoms with Crippen LogP contribution in [0, 0.1) is 11.3 Å². The van der Waals surface area contributed by atoms with Crippen LogP contribution < -0.4 is 5.32 Å². The number of nitriles is 1. The molecule has 72 valence electrons. The normalized spacial score (nSPS) is 29.5. The van der Waals surface area contributed by atoms with Crippen LogP contribution in [0.3, 0.4) is 0 Å². The molecule has 1 heterocycles. The summed E-state index contributed by atoms with van der Waals surface area (Å²) >= 11 is 0. The standard InChI is InChI=1S/C10H17N3/c1-3-6-13-8-10(4-5-11)12-7-9(13)2/h3,9-10,12H,1,4,6-8H2,2H3. The van der Waals surface area contributed by atoms with Gasteiger partial charge in [-0.3, -0.25) is 4.90 Å². The number of piperazine rings is 1. The summed E-state index contributed by atoms with van der Waals surface area (Å²) in [5, 5.41) is 11.9. The van der Waals surface area contributed by atoms with Gasteiger partial charge in [0.2, 0.25) is 0 Å². The quantitative estimate of drug-likeness (QED) is 0.650. The maximum atomic E-state index is 8.57. The first-order chi connectivity index (χ1) is 6.27. The van der Waals surface area contributed by atoms with E-state index in [2.05, 4.69) is 29.8 Å². The first kappa shape index (κ1) is 10.2. The van der Waals surface area contributed by atoms with Gasteiger partial charge in [0, 0.05) is 31.7 Å². The van der Waals surface area contributed by atoms with Crippen LogP contribution in [0.25, 0.3) is 0 Å². The Balaban J connectivity index is 2.43. The second kappa shape index (κ2) is 5.00. The van der Waals surface area contributed by atoms with E-state index in [0.717, 1.165) is 19.6 Å². The van der Waals surface area contributed by atoms with Crippen molar-refractivity contribution in [2.75, 3.05) is 19.6 Å². The van der Waals surface area contributed by atoms with Crippen LogP contribution in [0.1, 0.15) is 13.3 Å². The monoisotopic (exact) mass is 179 g/mol. The molecule has 0 saturated carbocycles. The predicted molar refractivity (Wildman–Crippen MR) is 53.3 cm³/mol. The highest BCUT2D eigenvalue weighted by atomic mass is 15.2. The van der Waals surface area contributed by atoms with E-state index in [1.807, 2.05) is 6.08 Å². The lowest BCUT2D eigenvalue weighted by atomic mass is 10.1. The fraction of sp³-hybridized carbons (Fsp3) is 0.700.